The van der Waals surface area contributed by atoms with Crippen LogP contribution < -0.4 is 5.32 Å². The quantitative estimate of drug-likeness (QED) is 0.177. The normalized spacial score (nSPS) is 10.7. The summed E-state index contributed by atoms with van der Waals surface area (Å²) in [5.74, 6) is 0. The highest BCUT2D eigenvalue weighted by molar-refractivity contribution is 5.75. The number of benzene rings is 1. The highest BCUT2D eigenvalue weighted by Gasteiger charge is 1.98. The maximum atomic E-state index is 10.6. The molecule has 0 unspecified atom stereocenters. The molecule has 0 aliphatic rings. The van der Waals surface area contributed by atoms with E-state index < -0.39 is 0 Å². The SMILES string of the molecule is C=C(CCCCCCCCCC)CCCCCNc1ccc(C=O)cc1. The summed E-state index contributed by atoms with van der Waals surface area (Å²) in [6, 6.07) is 7.64. The predicted octanol–water partition coefficient (Wildman–Crippen LogP) is 7.56. The van der Waals surface area contributed by atoms with Crippen LogP contribution in [0.25, 0.3) is 0 Å². The first-order valence-electron chi connectivity index (χ1n) is 10.7. The van der Waals surface area contributed by atoms with E-state index in [0.29, 0.717) is 0 Å². The first kappa shape index (κ1) is 22.5. The second-order valence-corrected chi connectivity index (χ2v) is 7.45. The van der Waals surface area contributed by atoms with E-state index in [-0.39, 0.29) is 0 Å². The van der Waals surface area contributed by atoms with Gasteiger partial charge in [-0.3, -0.25) is 4.79 Å². The van der Waals surface area contributed by atoms with Gasteiger partial charge in [-0.15, -0.1) is 0 Å². The van der Waals surface area contributed by atoms with Gasteiger partial charge in [0.25, 0.3) is 0 Å². The lowest BCUT2D eigenvalue weighted by molar-refractivity contribution is 0.112. The summed E-state index contributed by atoms with van der Waals surface area (Å²) in [6.07, 6.45) is 18.1. The van der Waals surface area contributed by atoms with E-state index in [2.05, 4.69) is 18.8 Å². The molecule has 0 heterocycles. The van der Waals surface area contributed by atoms with Crippen LogP contribution in [-0.4, -0.2) is 12.8 Å². The van der Waals surface area contributed by atoms with Crippen molar-refractivity contribution in [1.82, 2.24) is 0 Å². The summed E-state index contributed by atoms with van der Waals surface area (Å²) in [4.78, 5) is 10.6. The van der Waals surface area contributed by atoms with E-state index in [1.807, 2.05) is 24.3 Å². The average Bonchev–Trinajstić information content (AvgIpc) is 2.67. The predicted molar refractivity (Wildman–Crippen MR) is 115 cm³/mol. The van der Waals surface area contributed by atoms with Crippen molar-refractivity contribution < 1.29 is 4.79 Å². The molecule has 0 bridgehead atoms. The number of carbonyl (C=O) groups excluding carboxylic acids is 1. The van der Waals surface area contributed by atoms with Gasteiger partial charge in [-0.05, 0) is 56.4 Å². The Morgan fingerprint density at radius 1 is 0.846 bits per heavy atom. The topological polar surface area (TPSA) is 29.1 Å². The number of anilines is 1. The molecule has 0 aliphatic carbocycles. The number of carbonyl (C=O) groups is 1. The van der Waals surface area contributed by atoms with Crippen LogP contribution in [0.15, 0.2) is 36.4 Å². The maximum absolute atomic E-state index is 10.6. The summed E-state index contributed by atoms with van der Waals surface area (Å²) >= 11 is 0. The first-order valence-corrected chi connectivity index (χ1v) is 10.7. The van der Waals surface area contributed by atoms with Crippen LogP contribution in [0, 0.1) is 0 Å². The minimum absolute atomic E-state index is 0.727. The van der Waals surface area contributed by atoms with Crippen LogP contribution in [-0.2, 0) is 0 Å². The fourth-order valence-electron chi connectivity index (χ4n) is 3.22. The molecule has 0 saturated carbocycles. The molecule has 0 atom stereocenters. The van der Waals surface area contributed by atoms with Crippen LogP contribution in [0.3, 0.4) is 0 Å². The van der Waals surface area contributed by atoms with E-state index in [1.165, 1.54) is 89.0 Å². The molecule has 0 saturated heterocycles. The van der Waals surface area contributed by atoms with Crippen molar-refractivity contribution in [2.24, 2.45) is 0 Å². The fraction of sp³-hybridized carbons (Fsp3) is 0.625. The Hall–Kier alpha value is -1.57. The molecular formula is C24H39NO. The molecule has 0 radical (unpaired) electrons. The minimum Gasteiger partial charge on any atom is -0.385 e. The van der Waals surface area contributed by atoms with Crippen LogP contribution in [0.5, 0.6) is 0 Å². The zero-order chi connectivity index (χ0) is 18.9. The zero-order valence-corrected chi connectivity index (χ0v) is 16.9. The summed E-state index contributed by atoms with van der Waals surface area (Å²) in [7, 11) is 0. The number of hydrogen-bond acceptors (Lipinski definition) is 2. The molecule has 1 aromatic rings. The number of nitrogens with one attached hydrogen (secondary N) is 1. The number of allylic oxidation sites excluding steroid dienone is 1. The van der Waals surface area contributed by atoms with Crippen LogP contribution in [0.1, 0.15) is 101 Å². The van der Waals surface area contributed by atoms with Crippen LogP contribution in [0.4, 0.5) is 5.69 Å². The molecule has 2 nitrogen and oxygen atoms in total. The number of rotatable bonds is 17. The van der Waals surface area contributed by atoms with Gasteiger partial charge in [-0.1, -0.05) is 70.4 Å². The zero-order valence-electron chi connectivity index (χ0n) is 16.9. The van der Waals surface area contributed by atoms with Crippen molar-refractivity contribution in [3.8, 4) is 0 Å². The number of hydrogen-bond donors (Lipinski definition) is 1. The van der Waals surface area contributed by atoms with Crippen LogP contribution >= 0.6 is 0 Å². The Bertz CT molecular complexity index is 477. The lowest BCUT2D eigenvalue weighted by Crippen LogP contribution is -2.01. The first-order chi connectivity index (χ1) is 12.8. The van der Waals surface area contributed by atoms with Gasteiger partial charge in [0, 0.05) is 17.8 Å². The summed E-state index contributed by atoms with van der Waals surface area (Å²) in [5, 5.41) is 3.41. The molecule has 2 heteroatoms. The third kappa shape index (κ3) is 11.9. The monoisotopic (exact) mass is 357 g/mol. The second-order valence-electron chi connectivity index (χ2n) is 7.45. The Labute approximate surface area is 161 Å². The minimum atomic E-state index is 0.727. The Kier molecular flexibility index (Phi) is 13.5. The fourth-order valence-corrected chi connectivity index (χ4v) is 3.22. The lowest BCUT2D eigenvalue weighted by atomic mass is 10.0. The Balaban J connectivity index is 1.89. The van der Waals surface area contributed by atoms with Gasteiger partial charge >= 0.3 is 0 Å². The standard InChI is InChI=1S/C24H39NO/c1-3-4-5-6-7-8-9-11-14-22(2)15-12-10-13-20-25-24-18-16-23(21-26)17-19-24/h16-19,21,25H,2-15,20H2,1H3. The van der Waals surface area contributed by atoms with E-state index in [4.69, 9.17) is 0 Å². The van der Waals surface area contributed by atoms with Crippen molar-refractivity contribution in [2.75, 3.05) is 11.9 Å². The van der Waals surface area contributed by atoms with E-state index in [1.54, 1.807) is 0 Å². The Morgan fingerprint density at radius 2 is 1.38 bits per heavy atom. The summed E-state index contributed by atoms with van der Waals surface area (Å²) in [5.41, 5.74) is 3.26. The van der Waals surface area contributed by atoms with E-state index in [0.717, 1.165) is 24.1 Å². The summed E-state index contributed by atoms with van der Waals surface area (Å²) in [6.45, 7) is 7.52. The van der Waals surface area contributed by atoms with Gasteiger partial charge in [-0.25, -0.2) is 0 Å². The molecule has 1 rings (SSSR count). The van der Waals surface area contributed by atoms with Crippen molar-refractivity contribution in [3.63, 3.8) is 0 Å². The summed E-state index contributed by atoms with van der Waals surface area (Å²) < 4.78 is 0. The Morgan fingerprint density at radius 3 is 1.96 bits per heavy atom. The van der Waals surface area contributed by atoms with Gasteiger partial charge in [0.2, 0.25) is 0 Å². The van der Waals surface area contributed by atoms with Gasteiger partial charge in [0.15, 0.2) is 0 Å². The molecule has 0 aliphatic heterocycles. The highest BCUT2D eigenvalue weighted by atomic mass is 16.1. The highest BCUT2D eigenvalue weighted by Crippen LogP contribution is 2.16. The molecule has 0 fully saturated rings. The van der Waals surface area contributed by atoms with Crippen LogP contribution in [0.2, 0.25) is 0 Å². The largest absolute Gasteiger partial charge is 0.385 e. The van der Waals surface area contributed by atoms with Gasteiger partial charge in [0.05, 0.1) is 0 Å². The van der Waals surface area contributed by atoms with Crippen molar-refractivity contribution in [2.45, 2.75) is 90.4 Å². The molecule has 146 valence electrons. The van der Waals surface area contributed by atoms with Gasteiger partial charge in [-0.2, -0.15) is 0 Å². The van der Waals surface area contributed by atoms with Gasteiger partial charge in [0.1, 0.15) is 6.29 Å². The lowest BCUT2D eigenvalue weighted by Gasteiger charge is -2.08. The second kappa shape index (κ2) is 15.7. The molecule has 0 aromatic heterocycles. The third-order valence-corrected chi connectivity index (χ3v) is 4.97. The van der Waals surface area contributed by atoms with Crippen molar-refractivity contribution in [3.05, 3.63) is 42.0 Å². The maximum Gasteiger partial charge on any atom is 0.150 e. The molecule has 0 amide bonds. The molecular weight excluding hydrogens is 318 g/mol. The van der Waals surface area contributed by atoms with Crippen molar-refractivity contribution >= 4 is 12.0 Å². The van der Waals surface area contributed by atoms with E-state index >= 15 is 0 Å². The number of unbranched alkanes of at least 4 members (excludes halogenated alkanes) is 9. The van der Waals surface area contributed by atoms with Gasteiger partial charge < -0.3 is 5.32 Å². The molecule has 26 heavy (non-hydrogen) atoms. The third-order valence-electron chi connectivity index (χ3n) is 4.97. The average molecular weight is 358 g/mol. The molecule has 0 spiro atoms. The van der Waals surface area contributed by atoms with E-state index in [9.17, 15) is 4.79 Å². The van der Waals surface area contributed by atoms with Crippen molar-refractivity contribution in [1.29, 1.82) is 0 Å². The number of aldehydes is 1. The smallest absolute Gasteiger partial charge is 0.150 e. The molecule has 1 aromatic carbocycles. The molecule has 1 N–H and O–H groups in total.